The number of carboxylic acids is 1. The number of benzene rings is 1. The van der Waals surface area contributed by atoms with E-state index in [1.807, 2.05) is 6.07 Å². The van der Waals surface area contributed by atoms with Crippen LogP contribution in [-0.4, -0.2) is 28.3 Å². The Morgan fingerprint density at radius 1 is 1.32 bits per heavy atom. The van der Waals surface area contributed by atoms with Crippen molar-refractivity contribution in [2.75, 3.05) is 7.11 Å². The molecule has 1 heterocycles. The van der Waals surface area contributed by atoms with E-state index in [0.29, 0.717) is 11.3 Å². The highest BCUT2D eigenvalue weighted by Crippen LogP contribution is 2.27. The van der Waals surface area contributed by atoms with Gasteiger partial charge in [-0.25, -0.2) is 9.78 Å². The van der Waals surface area contributed by atoms with Crippen molar-refractivity contribution in [1.82, 2.24) is 4.98 Å². The van der Waals surface area contributed by atoms with E-state index < -0.39 is 5.97 Å². The molecule has 0 saturated carbocycles. The summed E-state index contributed by atoms with van der Waals surface area (Å²) in [5.74, 6) is -0.834. The number of aromatic nitrogens is 1. The lowest BCUT2D eigenvalue weighted by Gasteiger charge is -2.03. The largest absolute Gasteiger partial charge is 0.504 e. The summed E-state index contributed by atoms with van der Waals surface area (Å²) >= 11 is 0. The highest BCUT2D eigenvalue weighted by atomic mass is 16.5. The Morgan fingerprint density at radius 3 is 2.68 bits per heavy atom. The smallest absolute Gasteiger partial charge is 0.354 e. The van der Waals surface area contributed by atoms with E-state index in [4.69, 9.17) is 15.1 Å². The lowest BCUT2D eigenvalue weighted by atomic mass is 10.1. The monoisotopic (exact) mass is 296 g/mol. The Hall–Kier alpha value is -3.33. The number of phenols is 1. The van der Waals surface area contributed by atoms with Gasteiger partial charge in [0.15, 0.2) is 11.5 Å². The maximum absolute atomic E-state index is 10.9. The Kier molecular flexibility index (Phi) is 4.39. The fraction of sp³-hybridized carbons (Fsp3) is 0.0625. The molecule has 1 aromatic carbocycles. The predicted molar refractivity (Wildman–Crippen MR) is 79.5 cm³/mol. The first-order chi connectivity index (χ1) is 10.5. The Bertz CT molecular complexity index is 791. The summed E-state index contributed by atoms with van der Waals surface area (Å²) in [5.41, 5.74) is 1.03. The van der Waals surface area contributed by atoms with Crippen molar-refractivity contribution in [2.24, 2.45) is 0 Å². The van der Waals surface area contributed by atoms with Crippen molar-refractivity contribution in [1.29, 1.82) is 5.26 Å². The van der Waals surface area contributed by atoms with Gasteiger partial charge in [-0.1, -0.05) is 12.1 Å². The van der Waals surface area contributed by atoms with Crippen LogP contribution in [0, 0.1) is 11.3 Å². The molecule has 0 atom stereocenters. The number of nitriles is 1. The van der Waals surface area contributed by atoms with E-state index in [0.717, 1.165) is 0 Å². The molecular weight excluding hydrogens is 284 g/mol. The van der Waals surface area contributed by atoms with Gasteiger partial charge in [-0.2, -0.15) is 5.26 Å². The number of pyridine rings is 1. The molecule has 2 aromatic rings. The number of rotatable bonds is 4. The van der Waals surface area contributed by atoms with Crippen LogP contribution in [0.1, 0.15) is 27.3 Å². The fourth-order valence-corrected chi connectivity index (χ4v) is 1.80. The second kappa shape index (κ2) is 6.41. The van der Waals surface area contributed by atoms with E-state index in [2.05, 4.69) is 4.98 Å². The minimum absolute atomic E-state index is 0.0163. The summed E-state index contributed by atoms with van der Waals surface area (Å²) in [6.45, 7) is 0. The van der Waals surface area contributed by atoms with Gasteiger partial charge in [0.2, 0.25) is 0 Å². The number of carbonyl (C=O) groups is 1. The maximum Gasteiger partial charge on any atom is 0.354 e. The Morgan fingerprint density at radius 2 is 2.09 bits per heavy atom. The molecule has 0 spiro atoms. The third kappa shape index (κ3) is 3.22. The Labute approximate surface area is 126 Å². The van der Waals surface area contributed by atoms with E-state index in [9.17, 15) is 9.90 Å². The number of phenolic OH excluding ortho intramolecular Hbond substituents is 1. The minimum atomic E-state index is -1.17. The van der Waals surface area contributed by atoms with E-state index in [-0.39, 0.29) is 22.7 Å². The third-order valence-electron chi connectivity index (χ3n) is 2.90. The van der Waals surface area contributed by atoms with E-state index in [1.54, 1.807) is 18.2 Å². The number of hydrogen-bond donors (Lipinski definition) is 2. The van der Waals surface area contributed by atoms with Crippen LogP contribution in [0.5, 0.6) is 11.5 Å². The summed E-state index contributed by atoms with van der Waals surface area (Å²) in [6.07, 6.45) is 3.14. The second-order valence-corrected chi connectivity index (χ2v) is 4.31. The number of hydrogen-bond acceptors (Lipinski definition) is 5. The Balaban J connectivity index is 2.37. The van der Waals surface area contributed by atoms with Crippen molar-refractivity contribution in [3.05, 3.63) is 52.8 Å². The summed E-state index contributed by atoms with van der Waals surface area (Å²) in [5, 5.41) is 27.7. The van der Waals surface area contributed by atoms with Crippen LogP contribution in [0.25, 0.3) is 12.2 Å². The van der Waals surface area contributed by atoms with Crippen molar-refractivity contribution in [3.63, 3.8) is 0 Å². The summed E-state index contributed by atoms with van der Waals surface area (Å²) in [6, 6.07) is 9.43. The molecule has 0 fully saturated rings. The molecule has 0 radical (unpaired) electrons. The molecule has 22 heavy (non-hydrogen) atoms. The molecule has 0 saturated heterocycles. The van der Waals surface area contributed by atoms with Crippen LogP contribution < -0.4 is 4.74 Å². The minimum Gasteiger partial charge on any atom is -0.504 e. The van der Waals surface area contributed by atoms with Gasteiger partial charge in [0.1, 0.15) is 11.8 Å². The van der Waals surface area contributed by atoms with Gasteiger partial charge in [0.05, 0.1) is 18.4 Å². The van der Waals surface area contributed by atoms with Gasteiger partial charge < -0.3 is 14.9 Å². The average Bonchev–Trinajstić information content (AvgIpc) is 2.52. The molecular formula is C16H12N2O4. The van der Waals surface area contributed by atoms with Crippen LogP contribution >= 0.6 is 0 Å². The number of methoxy groups -OCH3 is 1. The SMILES string of the molecule is COc1ccc(/C=C/c2nc(C(=O)O)ccc2C#N)cc1O. The molecule has 0 aliphatic carbocycles. The number of aromatic carboxylic acids is 1. The summed E-state index contributed by atoms with van der Waals surface area (Å²) in [7, 11) is 1.45. The van der Waals surface area contributed by atoms with Crippen LogP contribution in [0.3, 0.4) is 0 Å². The maximum atomic E-state index is 10.9. The number of ether oxygens (including phenoxy) is 1. The van der Waals surface area contributed by atoms with Crippen molar-refractivity contribution in [2.45, 2.75) is 0 Å². The highest BCUT2D eigenvalue weighted by molar-refractivity contribution is 5.86. The first-order valence-corrected chi connectivity index (χ1v) is 6.24. The lowest BCUT2D eigenvalue weighted by Crippen LogP contribution is -2.02. The fourth-order valence-electron chi connectivity index (χ4n) is 1.80. The first kappa shape index (κ1) is 15.1. The zero-order chi connectivity index (χ0) is 16.1. The van der Waals surface area contributed by atoms with Crippen LogP contribution in [-0.2, 0) is 0 Å². The van der Waals surface area contributed by atoms with E-state index >= 15 is 0 Å². The topological polar surface area (TPSA) is 103 Å². The van der Waals surface area contributed by atoms with Gasteiger partial charge in [-0.05, 0) is 35.9 Å². The molecule has 110 valence electrons. The van der Waals surface area contributed by atoms with Gasteiger partial charge in [0.25, 0.3) is 0 Å². The second-order valence-electron chi connectivity index (χ2n) is 4.31. The van der Waals surface area contributed by atoms with Gasteiger partial charge in [0, 0.05) is 0 Å². The van der Waals surface area contributed by atoms with Crippen LogP contribution in [0.2, 0.25) is 0 Å². The van der Waals surface area contributed by atoms with Crippen molar-refractivity contribution < 1.29 is 19.7 Å². The number of aromatic hydroxyl groups is 1. The van der Waals surface area contributed by atoms with Gasteiger partial charge >= 0.3 is 5.97 Å². The number of nitrogens with zero attached hydrogens (tertiary/aromatic N) is 2. The molecule has 0 bridgehead atoms. The zero-order valence-corrected chi connectivity index (χ0v) is 11.6. The molecule has 0 aliphatic heterocycles. The molecule has 2 rings (SSSR count). The average molecular weight is 296 g/mol. The van der Waals surface area contributed by atoms with Crippen molar-refractivity contribution in [3.8, 4) is 17.6 Å². The normalized spacial score (nSPS) is 10.4. The first-order valence-electron chi connectivity index (χ1n) is 6.24. The molecule has 0 aliphatic rings. The highest BCUT2D eigenvalue weighted by Gasteiger charge is 2.08. The third-order valence-corrected chi connectivity index (χ3v) is 2.90. The molecule has 0 amide bonds. The van der Waals surface area contributed by atoms with Gasteiger partial charge in [-0.3, -0.25) is 0 Å². The lowest BCUT2D eigenvalue weighted by molar-refractivity contribution is 0.0690. The van der Waals surface area contributed by atoms with Crippen molar-refractivity contribution >= 4 is 18.1 Å². The summed E-state index contributed by atoms with van der Waals surface area (Å²) < 4.78 is 4.95. The summed E-state index contributed by atoms with van der Waals surface area (Å²) in [4.78, 5) is 14.8. The number of carboxylic acid groups (broad SMARTS) is 1. The molecule has 0 unspecified atom stereocenters. The van der Waals surface area contributed by atoms with E-state index in [1.165, 1.54) is 31.4 Å². The van der Waals surface area contributed by atoms with Gasteiger partial charge in [-0.15, -0.1) is 0 Å². The standard InChI is InChI=1S/C16H12N2O4/c1-22-15-7-3-10(8-14(15)19)2-5-12-11(9-17)4-6-13(18-12)16(20)21/h2-8,19H,1H3,(H,20,21)/b5-2+. The van der Waals surface area contributed by atoms with Crippen LogP contribution in [0.4, 0.5) is 0 Å². The molecule has 1 aromatic heterocycles. The predicted octanol–water partition coefficient (Wildman–Crippen LogP) is 2.54. The van der Waals surface area contributed by atoms with Crippen LogP contribution in [0.15, 0.2) is 30.3 Å². The molecule has 6 nitrogen and oxygen atoms in total. The molecule has 6 heteroatoms. The zero-order valence-electron chi connectivity index (χ0n) is 11.6. The quantitative estimate of drug-likeness (QED) is 0.898. The molecule has 2 N–H and O–H groups in total.